The molecule has 0 N–H and O–H groups in total. The number of amides is 1. The van der Waals surface area contributed by atoms with Crippen molar-refractivity contribution in [3.8, 4) is 0 Å². The van der Waals surface area contributed by atoms with E-state index in [2.05, 4.69) is 4.74 Å². The van der Waals surface area contributed by atoms with Crippen LogP contribution < -0.4 is 0 Å². The van der Waals surface area contributed by atoms with Crippen LogP contribution in [0.4, 0.5) is 4.79 Å². The van der Waals surface area contributed by atoms with Gasteiger partial charge in [-0.05, 0) is 12.3 Å². The largest absolute Gasteiger partial charge is 0.453 e. The number of nitrogens with zero attached hydrogens (tertiary/aromatic N) is 1. The Morgan fingerprint density at radius 2 is 2.21 bits per heavy atom. The number of halogens is 1. The van der Waals surface area contributed by atoms with Gasteiger partial charge in [-0.15, -0.1) is 11.6 Å². The summed E-state index contributed by atoms with van der Waals surface area (Å²) in [6.45, 7) is 2.51. The number of hydrogen-bond donors (Lipinski definition) is 0. The molecule has 0 saturated carbocycles. The molecule has 80 valence electrons. The highest BCUT2D eigenvalue weighted by atomic mass is 35.5. The van der Waals surface area contributed by atoms with Crippen molar-refractivity contribution in [2.45, 2.75) is 19.4 Å². The molecule has 1 rings (SSSR count). The van der Waals surface area contributed by atoms with Gasteiger partial charge in [-0.25, -0.2) is 4.79 Å². The van der Waals surface area contributed by atoms with Crippen LogP contribution in [0.1, 0.15) is 13.3 Å². The highest BCUT2D eigenvalue weighted by Gasteiger charge is 2.39. The maximum Gasteiger partial charge on any atom is 0.410 e. The van der Waals surface area contributed by atoms with Gasteiger partial charge in [-0.3, -0.25) is 9.69 Å². The summed E-state index contributed by atoms with van der Waals surface area (Å²) in [7, 11) is 1.31. The van der Waals surface area contributed by atoms with Crippen molar-refractivity contribution in [2.24, 2.45) is 5.92 Å². The van der Waals surface area contributed by atoms with Crippen LogP contribution >= 0.6 is 11.6 Å². The molecule has 4 nitrogen and oxygen atoms in total. The number of ketones is 1. The second-order valence-corrected chi connectivity index (χ2v) is 3.74. The number of carbonyl (C=O) groups is 2. The third-order valence-corrected chi connectivity index (χ3v) is 2.83. The predicted molar refractivity (Wildman–Crippen MR) is 52.4 cm³/mol. The Balaban J connectivity index is 2.76. The monoisotopic (exact) mass is 219 g/mol. The standard InChI is InChI=1S/C9H14ClNO3/c1-6-3-4-11(9(13)14-2)8(6)7(12)5-10/h6,8H,3-5H2,1-2H3. The summed E-state index contributed by atoms with van der Waals surface area (Å²) in [5.74, 6) is 0.00472. The van der Waals surface area contributed by atoms with Crippen molar-refractivity contribution in [3.05, 3.63) is 0 Å². The second-order valence-electron chi connectivity index (χ2n) is 3.47. The lowest BCUT2D eigenvalue weighted by molar-refractivity contribution is -0.121. The third kappa shape index (κ3) is 2.00. The van der Waals surface area contributed by atoms with Crippen LogP contribution in [0.15, 0.2) is 0 Å². The molecule has 0 aliphatic carbocycles. The normalized spacial score (nSPS) is 26.4. The first kappa shape index (κ1) is 11.3. The zero-order valence-corrected chi connectivity index (χ0v) is 9.08. The third-order valence-electron chi connectivity index (χ3n) is 2.57. The molecule has 1 saturated heterocycles. The first-order chi connectivity index (χ1) is 6.61. The zero-order chi connectivity index (χ0) is 10.7. The van der Waals surface area contributed by atoms with E-state index >= 15 is 0 Å². The first-order valence-corrected chi connectivity index (χ1v) is 5.08. The number of carbonyl (C=O) groups excluding carboxylic acids is 2. The Bertz CT molecular complexity index is 244. The Hall–Kier alpha value is -0.770. The maximum absolute atomic E-state index is 11.5. The molecule has 0 radical (unpaired) electrons. The molecule has 1 aliphatic rings. The number of likely N-dealkylation sites (tertiary alicyclic amines) is 1. The van der Waals surface area contributed by atoms with E-state index in [0.717, 1.165) is 6.42 Å². The SMILES string of the molecule is COC(=O)N1CCC(C)C1C(=O)CCl. The zero-order valence-electron chi connectivity index (χ0n) is 8.33. The van der Waals surface area contributed by atoms with E-state index in [9.17, 15) is 9.59 Å². The molecule has 2 atom stereocenters. The molecule has 0 bridgehead atoms. The molecular weight excluding hydrogens is 206 g/mol. The molecule has 1 amide bonds. The molecule has 0 aromatic heterocycles. The van der Waals surface area contributed by atoms with Crippen LogP contribution in [0.5, 0.6) is 0 Å². The van der Waals surface area contributed by atoms with Gasteiger partial charge < -0.3 is 4.74 Å². The number of methoxy groups -OCH3 is 1. The molecule has 14 heavy (non-hydrogen) atoms. The van der Waals surface area contributed by atoms with Gasteiger partial charge in [0.15, 0.2) is 5.78 Å². The van der Waals surface area contributed by atoms with Gasteiger partial charge in [0.05, 0.1) is 19.0 Å². The van der Waals surface area contributed by atoms with Gasteiger partial charge in [0.2, 0.25) is 0 Å². The van der Waals surface area contributed by atoms with Crippen LogP contribution in [-0.4, -0.2) is 42.4 Å². The Labute approximate surface area is 88.2 Å². The van der Waals surface area contributed by atoms with E-state index in [1.807, 2.05) is 6.92 Å². The predicted octanol–water partition coefficient (Wildman–Crippen LogP) is 1.27. The number of ether oxygens (including phenoxy) is 1. The van der Waals surface area contributed by atoms with Crippen LogP contribution in [0.3, 0.4) is 0 Å². The molecule has 0 aromatic rings. The summed E-state index contributed by atoms with van der Waals surface area (Å²) >= 11 is 5.48. The fourth-order valence-corrected chi connectivity index (χ4v) is 2.00. The van der Waals surface area contributed by atoms with Gasteiger partial charge in [0.25, 0.3) is 0 Å². The smallest absolute Gasteiger partial charge is 0.410 e. The topological polar surface area (TPSA) is 46.6 Å². The minimum atomic E-state index is -0.446. The van der Waals surface area contributed by atoms with Gasteiger partial charge in [0, 0.05) is 6.54 Å². The quantitative estimate of drug-likeness (QED) is 0.658. The van der Waals surface area contributed by atoms with Crippen LogP contribution in [0.2, 0.25) is 0 Å². The summed E-state index contributed by atoms with van der Waals surface area (Å²) in [6.07, 6.45) is 0.375. The van der Waals surface area contributed by atoms with Crippen molar-refractivity contribution in [2.75, 3.05) is 19.5 Å². The first-order valence-electron chi connectivity index (χ1n) is 4.55. The number of rotatable bonds is 2. The number of alkyl halides is 1. The molecule has 0 aromatic carbocycles. The molecular formula is C9H14ClNO3. The second kappa shape index (κ2) is 4.64. The lowest BCUT2D eigenvalue weighted by Crippen LogP contribution is -2.43. The molecule has 1 aliphatic heterocycles. The summed E-state index contributed by atoms with van der Waals surface area (Å²) in [4.78, 5) is 24.2. The Morgan fingerprint density at radius 3 is 2.71 bits per heavy atom. The average Bonchev–Trinajstić information content (AvgIpc) is 2.58. The van der Waals surface area contributed by atoms with E-state index in [0.29, 0.717) is 6.54 Å². The minimum absolute atomic E-state index is 0.0531. The maximum atomic E-state index is 11.5. The van der Waals surface area contributed by atoms with Gasteiger partial charge in [-0.1, -0.05) is 6.92 Å². The molecule has 1 fully saturated rings. The molecule has 0 spiro atoms. The Morgan fingerprint density at radius 1 is 1.57 bits per heavy atom. The lowest BCUT2D eigenvalue weighted by Gasteiger charge is -2.23. The summed E-state index contributed by atoms with van der Waals surface area (Å²) in [6, 6.07) is -0.403. The summed E-state index contributed by atoms with van der Waals surface area (Å²) in [5, 5.41) is 0. The van der Waals surface area contributed by atoms with Gasteiger partial charge >= 0.3 is 6.09 Å². The van der Waals surface area contributed by atoms with E-state index in [4.69, 9.17) is 11.6 Å². The van der Waals surface area contributed by atoms with E-state index in [1.165, 1.54) is 12.0 Å². The molecule has 1 heterocycles. The van der Waals surface area contributed by atoms with E-state index in [1.54, 1.807) is 0 Å². The van der Waals surface area contributed by atoms with Crippen molar-refractivity contribution in [1.82, 2.24) is 4.90 Å². The summed E-state index contributed by atoms with van der Waals surface area (Å²) < 4.78 is 4.60. The Kier molecular flexibility index (Phi) is 3.75. The van der Waals surface area contributed by atoms with Crippen molar-refractivity contribution in [3.63, 3.8) is 0 Å². The van der Waals surface area contributed by atoms with Crippen molar-refractivity contribution in [1.29, 1.82) is 0 Å². The van der Waals surface area contributed by atoms with Crippen LogP contribution in [-0.2, 0) is 9.53 Å². The fraction of sp³-hybridized carbons (Fsp3) is 0.778. The highest BCUT2D eigenvalue weighted by molar-refractivity contribution is 6.28. The van der Waals surface area contributed by atoms with Gasteiger partial charge in [0.1, 0.15) is 0 Å². The van der Waals surface area contributed by atoms with E-state index < -0.39 is 12.1 Å². The van der Waals surface area contributed by atoms with Crippen molar-refractivity contribution < 1.29 is 14.3 Å². The summed E-state index contributed by atoms with van der Waals surface area (Å²) in [5.41, 5.74) is 0. The number of Topliss-reactive ketones (excluding diaryl/α,β-unsaturated/α-hetero) is 1. The lowest BCUT2D eigenvalue weighted by atomic mass is 10.00. The molecule has 2 unspecified atom stereocenters. The average molecular weight is 220 g/mol. The fourth-order valence-electron chi connectivity index (χ4n) is 1.84. The van der Waals surface area contributed by atoms with E-state index in [-0.39, 0.29) is 17.6 Å². The number of hydrogen-bond acceptors (Lipinski definition) is 3. The van der Waals surface area contributed by atoms with Crippen molar-refractivity contribution >= 4 is 23.5 Å². The minimum Gasteiger partial charge on any atom is -0.453 e. The van der Waals surface area contributed by atoms with Crippen LogP contribution in [0, 0.1) is 5.92 Å². The highest BCUT2D eigenvalue weighted by Crippen LogP contribution is 2.25. The molecule has 5 heteroatoms. The van der Waals surface area contributed by atoms with Crippen LogP contribution in [0.25, 0.3) is 0 Å². The van der Waals surface area contributed by atoms with Gasteiger partial charge in [-0.2, -0.15) is 0 Å².